The molecule has 1 heterocycles. The number of fused-ring (bicyclic) bond motifs is 1. The number of anilines is 2. The molecule has 3 N–H and O–H groups in total. The normalized spacial score (nSPS) is 10.8. The minimum Gasteiger partial charge on any atom is -0.457 e. The van der Waals surface area contributed by atoms with Gasteiger partial charge in [-0.15, -0.1) is 0 Å². The van der Waals surface area contributed by atoms with E-state index in [1.165, 1.54) is 18.5 Å². The van der Waals surface area contributed by atoms with Gasteiger partial charge in [0.2, 0.25) is 0 Å². The van der Waals surface area contributed by atoms with E-state index in [9.17, 15) is 4.39 Å². The highest BCUT2D eigenvalue weighted by Crippen LogP contribution is 2.24. The van der Waals surface area contributed by atoms with Crippen LogP contribution < -0.4 is 15.8 Å². The van der Waals surface area contributed by atoms with Crippen LogP contribution in [0.5, 0.6) is 11.5 Å². The summed E-state index contributed by atoms with van der Waals surface area (Å²) in [5.41, 5.74) is 8.52. The second-order valence-corrected chi connectivity index (χ2v) is 6.38. The molecule has 0 unspecified atom stereocenters. The highest BCUT2D eigenvalue weighted by molar-refractivity contribution is 5.91. The summed E-state index contributed by atoms with van der Waals surface area (Å²) in [6.07, 6.45) is 2.33. The predicted octanol–water partition coefficient (Wildman–Crippen LogP) is 4.80. The molecule has 0 aliphatic carbocycles. The van der Waals surface area contributed by atoms with Crippen LogP contribution >= 0.6 is 0 Å². The van der Waals surface area contributed by atoms with Crippen LogP contribution in [-0.2, 0) is 6.42 Å². The van der Waals surface area contributed by atoms with Crippen molar-refractivity contribution in [1.29, 1.82) is 0 Å². The van der Waals surface area contributed by atoms with Gasteiger partial charge in [0.1, 0.15) is 29.5 Å². The summed E-state index contributed by atoms with van der Waals surface area (Å²) in [5.74, 6) is 1.79. The second-order valence-electron chi connectivity index (χ2n) is 6.38. The van der Waals surface area contributed by atoms with Crippen molar-refractivity contribution >= 4 is 22.4 Å². The van der Waals surface area contributed by atoms with E-state index in [2.05, 4.69) is 15.3 Å². The average Bonchev–Trinajstić information content (AvgIpc) is 2.70. The van der Waals surface area contributed by atoms with E-state index in [-0.39, 0.29) is 5.82 Å². The third-order valence-electron chi connectivity index (χ3n) is 4.31. The van der Waals surface area contributed by atoms with E-state index >= 15 is 0 Å². The Balaban J connectivity index is 1.42. The number of halogens is 1. The molecule has 5 nitrogen and oxygen atoms in total. The summed E-state index contributed by atoms with van der Waals surface area (Å²) in [6, 6.07) is 19.4. The zero-order valence-electron chi connectivity index (χ0n) is 15.1. The smallest absolute Gasteiger partial charge is 0.137 e. The van der Waals surface area contributed by atoms with Crippen molar-refractivity contribution in [3.63, 3.8) is 0 Å². The number of nitrogens with zero attached hydrogens (tertiary/aromatic N) is 2. The van der Waals surface area contributed by atoms with E-state index in [0.29, 0.717) is 23.7 Å². The first-order chi connectivity index (χ1) is 13.7. The number of aromatic nitrogens is 2. The largest absolute Gasteiger partial charge is 0.457 e. The van der Waals surface area contributed by atoms with Crippen molar-refractivity contribution in [2.75, 3.05) is 17.6 Å². The van der Waals surface area contributed by atoms with E-state index < -0.39 is 0 Å². The fraction of sp³-hybridized carbons (Fsp3) is 0.0909. The zero-order valence-corrected chi connectivity index (χ0v) is 15.1. The van der Waals surface area contributed by atoms with Gasteiger partial charge in [-0.3, -0.25) is 0 Å². The molecule has 140 valence electrons. The number of rotatable bonds is 6. The van der Waals surface area contributed by atoms with E-state index in [4.69, 9.17) is 10.5 Å². The van der Waals surface area contributed by atoms with Crippen LogP contribution in [0.15, 0.2) is 73.1 Å². The van der Waals surface area contributed by atoms with E-state index in [1.807, 2.05) is 42.5 Å². The summed E-state index contributed by atoms with van der Waals surface area (Å²) < 4.78 is 18.8. The summed E-state index contributed by atoms with van der Waals surface area (Å²) in [7, 11) is 0. The fourth-order valence-corrected chi connectivity index (χ4v) is 2.94. The minimum atomic E-state index is -0.286. The molecular formula is C22H19FN4O. The Morgan fingerprint density at radius 2 is 1.79 bits per heavy atom. The molecule has 0 fully saturated rings. The van der Waals surface area contributed by atoms with Crippen LogP contribution in [0, 0.1) is 5.82 Å². The number of nitrogens with one attached hydrogen (secondary N) is 1. The Labute approximate surface area is 162 Å². The number of ether oxygens (including phenoxy) is 1. The Kier molecular flexibility index (Phi) is 5.01. The van der Waals surface area contributed by atoms with Gasteiger partial charge in [-0.25, -0.2) is 14.4 Å². The molecule has 4 rings (SSSR count). The van der Waals surface area contributed by atoms with Crippen molar-refractivity contribution in [2.24, 2.45) is 0 Å². The molecule has 0 amide bonds. The van der Waals surface area contributed by atoms with E-state index in [0.717, 1.165) is 28.7 Å². The van der Waals surface area contributed by atoms with Crippen molar-refractivity contribution in [1.82, 2.24) is 9.97 Å². The van der Waals surface area contributed by atoms with Crippen LogP contribution in [0.3, 0.4) is 0 Å². The van der Waals surface area contributed by atoms with Crippen molar-refractivity contribution in [3.05, 3.63) is 84.4 Å². The lowest BCUT2D eigenvalue weighted by atomic mass is 10.1. The topological polar surface area (TPSA) is 73.1 Å². The standard InChI is InChI=1S/C22H19FN4O/c23-16-4-7-18(8-5-16)28-19-3-1-2-15(12-19)10-11-25-22-20-13-17(24)6-9-21(20)26-14-27-22/h1-9,12-14H,10-11,24H2,(H,25,26,27). The molecule has 0 bridgehead atoms. The predicted molar refractivity (Wildman–Crippen MR) is 109 cm³/mol. The molecule has 1 aromatic heterocycles. The van der Waals surface area contributed by atoms with Gasteiger partial charge in [0.05, 0.1) is 5.52 Å². The molecule has 0 aliphatic rings. The monoisotopic (exact) mass is 374 g/mol. The van der Waals surface area contributed by atoms with Crippen LogP contribution in [0.4, 0.5) is 15.9 Å². The van der Waals surface area contributed by atoms with Crippen LogP contribution in [0.1, 0.15) is 5.56 Å². The van der Waals surface area contributed by atoms with Gasteiger partial charge in [0.25, 0.3) is 0 Å². The lowest BCUT2D eigenvalue weighted by Gasteiger charge is -2.10. The number of hydrogen-bond acceptors (Lipinski definition) is 5. The van der Waals surface area contributed by atoms with Gasteiger partial charge in [-0.1, -0.05) is 12.1 Å². The number of hydrogen-bond donors (Lipinski definition) is 2. The highest BCUT2D eigenvalue weighted by Gasteiger charge is 2.05. The fourth-order valence-electron chi connectivity index (χ4n) is 2.94. The average molecular weight is 374 g/mol. The van der Waals surface area contributed by atoms with Crippen molar-refractivity contribution in [2.45, 2.75) is 6.42 Å². The Hall–Kier alpha value is -3.67. The first kappa shape index (κ1) is 17.7. The van der Waals surface area contributed by atoms with Crippen molar-refractivity contribution < 1.29 is 9.13 Å². The number of nitrogens with two attached hydrogens (primary N) is 1. The molecule has 6 heteroatoms. The van der Waals surface area contributed by atoms with Gasteiger partial charge in [0, 0.05) is 17.6 Å². The minimum absolute atomic E-state index is 0.286. The second kappa shape index (κ2) is 7.92. The number of nitrogen functional groups attached to an aromatic ring is 1. The maximum atomic E-state index is 13.0. The molecule has 28 heavy (non-hydrogen) atoms. The molecule has 0 saturated carbocycles. The van der Waals surface area contributed by atoms with Gasteiger partial charge >= 0.3 is 0 Å². The SMILES string of the molecule is Nc1ccc2ncnc(NCCc3cccc(Oc4ccc(F)cc4)c3)c2c1. The van der Waals surface area contributed by atoms with Crippen LogP contribution in [-0.4, -0.2) is 16.5 Å². The van der Waals surface area contributed by atoms with Crippen LogP contribution in [0.25, 0.3) is 10.9 Å². The van der Waals surface area contributed by atoms with Gasteiger partial charge in [-0.2, -0.15) is 0 Å². The molecule has 0 radical (unpaired) electrons. The first-order valence-corrected chi connectivity index (χ1v) is 8.94. The molecule has 0 aliphatic heterocycles. The molecule has 0 spiro atoms. The van der Waals surface area contributed by atoms with Crippen molar-refractivity contribution in [3.8, 4) is 11.5 Å². The molecule has 0 atom stereocenters. The third-order valence-corrected chi connectivity index (χ3v) is 4.31. The maximum absolute atomic E-state index is 13.0. The highest BCUT2D eigenvalue weighted by atomic mass is 19.1. The third kappa shape index (κ3) is 4.17. The molecule has 3 aromatic carbocycles. The Morgan fingerprint density at radius 3 is 2.64 bits per heavy atom. The molecule has 0 saturated heterocycles. The maximum Gasteiger partial charge on any atom is 0.137 e. The van der Waals surface area contributed by atoms with E-state index in [1.54, 1.807) is 12.1 Å². The zero-order chi connectivity index (χ0) is 19.3. The Morgan fingerprint density at radius 1 is 0.929 bits per heavy atom. The summed E-state index contributed by atoms with van der Waals surface area (Å²) in [4.78, 5) is 8.59. The van der Waals surface area contributed by atoms with Gasteiger partial charge in [-0.05, 0) is 66.6 Å². The summed E-state index contributed by atoms with van der Waals surface area (Å²) in [5, 5.41) is 4.25. The quantitative estimate of drug-likeness (QED) is 0.474. The lowest BCUT2D eigenvalue weighted by molar-refractivity contribution is 0.480. The Bertz CT molecular complexity index is 1100. The molecular weight excluding hydrogens is 355 g/mol. The van der Waals surface area contributed by atoms with Gasteiger partial charge < -0.3 is 15.8 Å². The number of benzene rings is 3. The molecule has 4 aromatic rings. The lowest BCUT2D eigenvalue weighted by Crippen LogP contribution is -2.07. The van der Waals surface area contributed by atoms with Gasteiger partial charge in [0.15, 0.2) is 0 Å². The summed E-state index contributed by atoms with van der Waals surface area (Å²) in [6.45, 7) is 0.695. The first-order valence-electron chi connectivity index (χ1n) is 8.94. The van der Waals surface area contributed by atoms with Crippen LogP contribution in [0.2, 0.25) is 0 Å². The summed E-state index contributed by atoms with van der Waals surface area (Å²) >= 11 is 0.